The first kappa shape index (κ1) is 13.8. The molecule has 0 aliphatic carbocycles. The number of hydrogen-bond donors (Lipinski definition) is 0. The molecule has 0 N–H and O–H groups in total. The molecule has 1 atom stereocenters. The standard InChI is InChI=1S/C12H17ClN4/c1-10(11-5-3-6-12(13)9-11)17(2)8-4-7-15-16-14/h3,5-6,9-10H,4,7-8H2,1-2H3. The van der Waals surface area contributed by atoms with Crippen LogP contribution in [-0.4, -0.2) is 25.0 Å². The summed E-state index contributed by atoms with van der Waals surface area (Å²) >= 11 is 5.97. The molecule has 0 radical (unpaired) electrons. The summed E-state index contributed by atoms with van der Waals surface area (Å²) in [6.07, 6.45) is 0.867. The van der Waals surface area contributed by atoms with Crippen molar-refractivity contribution in [3.8, 4) is 0 Å². The summed E-state index contributed by atoms with van der Waals surface area (Å²) < 4.78 is 0. The van der Waals surface area contributed by atoms with E-state index < -0.39 is 0 Å². The molecule has 0 bridgehead atoms. The van der Waals surface area contributed by atoms with Crippen molar-refractivity contribution < 1.29 is 0 Å². The van der Waals surface area contributed by atoms with E-state index in [0.717, 1.165) is 18.0 Å². The van der Waals surface area contributed by atoms with E-state index in [-0.39, 0.29) is 0 Å². The summed E-state index contributed by atoms with van der Waals surface area (Å²) in [4.78, 5) is 4.96. The van der Waals surface area contributed by atoms with Crippen molar-refractivity contribution in [2.45, 2.75) is 19.4 Å². The zero-order valence-electron chi connectivity index (χ0n) is 10.2. The van der Waals surface area contributed by atoms with Crippen LogP contribution in [0.15, 0.2) is 29.4 Å². The van der Waals surface area contributed by atoms with E-state index in [1.54, 1.807) is 0 Å². The Morgan fingerprint density at radius 3 is 2.94 bits per heavy atom. The molecule has 1 unspecified atom stereocenters. The van der Waals surface area contributed by atoms with Crippen LogP contribution >= 0.6 is 11.6 Å². The normalized spacial score (nSPS) is 12.2. The number of hydrogen-bond acceptors (Lipinski definition) is 2. The SMILES string of the molecule is CC(c1cccc(Cl)c1)N(C)CCCN=[N+]=[N-]. The molecule has 17 heavy (non-hydrogen) atoms. The average Bonchev–Trinajstić information content (AvgIpc) is 2.33. The van der Waals surface area contributed by atoms with Crippen molar-refractivity contribution in [2.75, 3.05) is 20.1 Å². The molecule has 0 aliphatic rings. The van der Waals surface area contributed by atoms with Gasteiger partial charge in [-0.2, -0.15) is 0 Å². The van der Waals surface area contributed by atoms with E-state index >= 15 is 0 Å². The van der Waals surface area contributed by atoms with Gasteiger partial charge in [-0.25, -0.2) is 0 Å². The second-order valence-electron chi connectivity index (χ2n) is 4.02. The van der Waals surface area contributed by atoms with Crippen LogP contribution in [0.4, 0.5) is 0 Å². The summed E-state index contributed by atoms with van der Waals surface area (Å²) in [5.41, 5.74) is 9.38. The fourth-order valence-corrected chi connectivity index (χ4v) is 1.85. The van der Waals surface area contributed by atoms with E-state index in [1.807, 2.05) is 18.2 Å². The zero-order chi connectivity index (χ0) is 12.7. The molecule has 5 heteroatoms. The molecule has 0 saturated heterocycles. The molecule has 0 aliphatic heterocycles. The van der Waals surface area contributed by atoms with Crippen molar-refractivity contribution >= 4 is 11.6 Å². The Bertz CT molecular complexity index is 401. The minimum Gasteiger partial charge on any atom is -0.300 e. The fraction of sp³-hybridized carbons (Fsp3) is 0.500. The maximum atomic E-state index is 8.18. The van der Waals surface area contributed by atoms with Gasteiger partial charge in [0.2, 0.25) is 0 Å². The summed E-state index contributed by atoms with van der Waals surface area (Å²) in [6.45, 7) is 3.58. The van der Waals surface area contributed by atoms with Gasteiger partial charge in [0.25, 0.3) is 0 Å². The predicted molar refractivity (Wildman–Crippen MR) is 71.1 cm³/mol. The molecule has 0 fully saturated rings. The molecule has 0 heterocycles. The van der Waals surface area contributed by atoms with Gasteiger partial charge in [-0.3, -0.25) is 4.90 Å². The molecule has 4 nitrogen and oxygen atoms in total. The van der Waals surface area contributed by atoms with Crippen molar-refractivity contribution in [1.82, 2.24) is 4.90 Å². The minimum absolute atomic E-state index is 0.305. The Morgan fingerprint density at radius 2 is 2.29 bits per heavy atom. The highest BCUT2D eigenvalue weighted by Gasteiger charge is 2.10. The van der Waals surface area contributed by atoms with Crippen molar-refractivity contribution in [2.24, 2.45) is 5.11 Å². The summed E-state index contributed by atoms with van der Waals surface area (Å²) in [6, 6.07) is 8.19. The summed E-state index contributed by atoms with van der Waals surface area (Å²) in [5.74, 6) is 0. The Kier molecular flexibility index (Phi) is 5.84. The Hall–Kier alpha value is -1.22. The molecule has 0 aromatic heterocycles. The van der Waals surface area contributed by atoms with Crippen LogP contribution in [0.5, 0.6) is 0 Å². The highest BCUT2D eigenvalue weighted by Crippen LogP contribution is 2.21. The lowest BCUT2D eigenvalue weighted by Gasteiger charge is -2.24. The van der Waals surface area contributed by atoms with Gasteiger partial charge in [0.15, 0.2) is 0 Å². The monoisotopic (exact) mass is 252 g/mol. The number of benzene rings is 1. The fourth-order valence-electron chi connectivity index (χ4n) is 1.65. The van der Waals surface area contributed by atoms with Crippen molar-refractivity contribution in [3.05, 3.63) is 45.3 Å². The third-order valence-corrected chi connectivity index (χ3v) is 3.06. The van der Waals surface area contributed by atoms with Crippen LogP contribution in [0.1, 0.15) is 24.9 Å². The molecule has 1 rings (SSSR count). The third-order valence-electron chi connectivity index (χ3n) is 2.82. The van der Waals surface area contributed by atoms with E-state index in [4.69, 9.17) is 17.1 Å². The number of halogens is 1. The van der Waals surface area contributed by atoms with Crippen LogP contribution in [0, 0.1) is 0 Å². The Labute approximate surface area is 107 Å². The predicted octanol–water partition coefficient (Wildman–Crippen LogP) is 4.03. The van der Waals surface area contributed by atoms with E-state index in [0.29, 0.717) is 12.6 Å². The van der Waals surface area contributed by atoms with Gasteiger partial charge in [-0.05, 0) is 50.2 Å². The first-order valence-corrected chi connectivity index (χ1v) is 5.99. The lowest BCUT2D eigenvalue weighted by Crippen LogP contribution is -2.24. The largest absolute Gasteiger partial charge is 0.300 e. The van der Waals surface area contributed by atoms with Gasteiger partial charge in [0.05, 0.1) is 0 Å². The van der Waals surface area contributed by atoms with Gasteiger partial charge in [0.1, 0.15) is 0 Å². The van der Waals surface area contributed by atoms with Crippen LogP contribution in [-0.2, 0) is 0 Å². The molecule has 0 amide bonds. The molecule has 1 aromatic rings. The molecular formula is C12H17ClN4. The second-order valence-corrected chi connectivity index (χ2v) is 4.46. The van der Waals surface area contributed by atoms with Crippen LogP contribution in [0.25, 0.3) is 10.4 Å². The average molecular weight is 253 g/mol. The van der Waals surface area contributed by atoms with E-state index in [1.165, 1.54) is 5.56 Å². The van der Waals surface area contributed by atoms with Gasteiger partial charge < -0.3 is 0 Å². The number of azide groups is 1. The van der Waals surface area contributed by atoms with Crippen LogP contribution in [0.3, 0.4) is 0 Å². The quantitative estimate of drug-likeness (QED) is 0.326. The molecule has 0 saturated carbocycles. The maximum absolute atomic E-state index is 8.18. The molecular weight excluding hydrogens is 236 g/mol. The zero-order valence-corrected chi connectivity index (χ0v) is 10.9. The molecule has 92 valence electrons. The van der Waals surface area contributed by atoms with E-state index in [2.05, 4.69) is 35.0 Å². The molecule has 0 spiro atoms. The van der Waals surface area contributed by atoms with E-state index in [9.17, 15) is 0 Å². The highest BCUT2D eigenvalue weighted by atomic mass is 35.5. The van der Waals surface area contributed by atoms with Gasteiger partial charge in [-0.15, -0.1) is 0 Å². The number of nitrogens with zero attached hydrogens (tertiary/aromatic N) is 4. The Morgan fingerprint density at radius 1 is 1.53 bits per heavy atom. The lowest BCUT2D eigenvalue weighted by atomic mass is 10.1. The third kappa shape index (κ3) is 4.65. The van der Waals surface area contributed by atoms with Crippen molar-refractivity contribution in [3.63, 3.8) is 0 Å². The summed E-state index contributed by atoms with van der Waals surface area (Å²) in [7, 11) is 2.06. The highest BCUT2D eigenvalue weighted by molar-refractivity contribution is 6.30. The Balaban J connectivity index is 2.51. The number of rotatable bonds is 6. The first-order valence-electron chi connectivity index (χ1n) is 5.61. The van der Waals surface area contributed by atoms with Gasteiger partial charge in [-0.1, -0.05) is 28.8 Å². The second kappa shape index (κ2) is 7.17. The maximum Gasteiger partial charge on any atom is 0.0409 e. The van der Waals surface area contributed by atoms with Crippen molar-refractivity contribution in [1.29, 1.82) is 0 Å². The molecule has 1 aromatic carbocycles. The van der Waals surface area contributed by atoms with Crippen LogP contribution in [0.2, 0.25) is 5.02 Å². The lowest BCUT2D eigenvalue weighted by molar-refractivity contribution is 0.260. The topological polar surface area (TPSA) is 52.0 Å². The minimum atomic E-state index is 0.305. The van der Waals surface area contributed by atoms with Gasteiger partial charge >= 0.3 is 0 Å². The van der Waals surface area contributed by atoms with Gasteiger partial charge in [0, 0.05) is 22.5 Å². The van der Waals surface area contributed by atoms with Crippen LogP contribution < -0.4 is 0 Å². The summed E-state index contributed by atoms with van der Waals surface area (Å²) in [5, 5.41) is 4.28. The first-order chi connectivity index (χ1) is 8.15. The smallest absolute Gasteiger partial charge is 0.0409 e.